The molecule has 2 nitrogen and oxygen atoms in total. The van der Waals surface area contributed by atoms with Crippen molar-refractivity contribution in [3.8, 4) is 0 Å². The number of halogens is 2. The maximum Gasteiger partial charge on any atom is 0.256 e. The third-order valence-corrected chi connectivity index (χ3v) is 2.07. The van der Waals surface area contributed by atoms with Crippen molar-refractivity contribution < 1.29 is 13.6 Å². The van der Waals surface area contributed by atoms with Gasteiger partial charge in [0.25, 0.3) is 5.91 Å². The van der Waals surface area contributed by atoms with Crippen LogP contribution >= 0.6 is 0 Å². The molecule has 1 amide bonds. The van der Waals surface area contributed by atoms with E-state index in [-0.39, 0.29) is 5.56 Å². The van der Waals surface area contributed by atoms with Gasteiger partial charge in [0.15, 0.2) is 0 Å². The Morgan fingerprint density at radius 1 is 1.40 bits per heavy atom. The Morgan fingerprint density at radius 3 is 2.60 bits per heavy atom. The van der Waals surface area contributed by atoms with E-state index in [0.29, 0.717) is 12.6 Å². The van der Waals surface area contributed by atoms with Gasteiger partial charge in [0.05, 0.1) is 5.56 Å². The first-order chi connectivity index (χ1) is 7.06. The molecule has 1 aromatic rings. The summed E-state index contributed by atoms with van der Waals surface area (Å²) in [5.74, 6) is -1.92. The monoisotopic (exact) mass is 213 g/mol. The Bertz CT molecular complexity index is 366. The second-order valence-electron chi connectivity index (χ2n) is 3.35. The van der Waals surface area contributed by atoms with Gasteiger partial charge in [-0.05, 0) is 18.6 Å². The van der Waals surface area contributed by atoms with Crippen LogP contribution in [0.4, 0.5) is 8.78 Å². The minimum atomic E-state index is -0.817. The van der Waals surface area contributed by atoms with Gasteiger partial charge in [-0.2, -0.15) is 0 Å². The summed E-state index contributed by atoms with van der Waals surface area (Å²) in [6.45, 7) is 2.47. The lowest BCUT2D eigenvalue weighted by molar-refractivity contribution is 0.0790. The van der Waals surface area contributed by atoms with Gasteiger partial charge in [0.1, 0.15) is 11.6 Å². The largest absolute Gasteiger partial charge is 0.342 e. The number of carbonyl (C=O) groups excluding carboxylic acids is 1. The van der Waals surface area contributed by atoms with Crippen molar-refractivity contribution in [1.29, 1.82) is 0 Å². The first kappa shape index (κ1) is 11.6. The van der Waals surface area contributed by atoms with Crippen LogP contribution in [-0.4, -0.2) is 24.4 Å². The molecule has 0 atom stereocenters. The molecule has 0 radical (unpaired) electrons. The lowest BCUT2D eigenvalue weighted by atomic mass is 10.2. The molecule has 0 saturated carbocycles. The van der Waals surface area contributed by atoms with Gasteiger partial charge in [-0.1, -0.05) is 6.92 Å². The normalized spacial score (nSPS) is 10.1. The highest BCUT2D eigenvalue weighted by atomic mass is 19.1. The van der Waals surface area contributed by atoms with E-state index in [9.17, 15) is 13.6 Å². The van der Waals surface area contributed by atoms with Crippen LogP contribution in [0.25, 0.3) is 0 Å². The molecule has 0 unspecified atom stereocenters. The number of carbonyl (C=O) groups is 1. The summed E-state index contributed by atoms with van der Waals surface area (Å²) in [6.07, 6.45) is 0.797. The summed E-state index contributed by atoms with van der Waals surface area (Å²) in [5.41, 5.74) is -0.0904. The van der Waals surface area contributed by atoms with Crippen molar-refractivity contribution in [1.82, 2.24) is 4.90 Å². The van der Waals surface area contributed by atoms with E-state index in [1.54, 1.807) is 7.05 Å². The first-order valence-electron chi connectivity index (χ1n) is 4.76. The number of nitrogens with zero attached hydrogens (tertiary/aromatic N) is 1. The molecule has 0 aliphatic heterocycles. The van der Waals surface area contributed by atoms with Crippen LogP contribution < -0.4 is 0 Å². The van der Waals surface area contributed by atoms with Gasteiger partial charge in [-0.25, -0.2) is 8.78 Å². The topological polar surface area (TPSA) is 20.3 Å². The third-order valence-electron chi connectivity index (χ3n) is 2.07. The van der Waals surface area contributed by atoms with Gasteiger partial charge in [0, 0.05) is 19.7 Å². The Morgan fingerprint density at radius 2 is 2.07 bits per heavy atom. The zero-order valence-electron chi connectivity index (χ0n) is 8.76. The molecule has 1 rings (SSSR count). The molecule has 0 aromatic heterocycles. The zero-order chi connectivity index (χ0) is 11.4. The molecule has 15 heavy (non-hydrogen) atoms. The minimum absolute atomic E-state index is 0.0904. The second kappa shape index (κ2) is 4.87. The van der Waals surface area contributed by atoms with E-state index in [2.05, 4.69) is 0 Å². The van der Waals surface area contributed by atoms with E-state index in [4.69, 9.17) is 0 Å². The lowest BCUT2D eigenvalue weighted by Crippen LogP contribution is -2.28. The van der Waals surface area contributed by atoms with Crippen molar-refractivity contribution in [2.75, 3.05) is 13.6 Å². The van der Waals surface area contributed by atoms with Gasteiger partial charge < -0.3 is 4.90 Å². The van der Waals surface area contributed by atoms with Crippen molar-refractivity contribution in [2.24, 2.45) is 0 Å². The average molecular weight is 213 g/mol. The van der Waals surface area contributed by atoms with Crippen LogP contribution in [0.3, 0.4) is 0 Å². The van der Waals surface area contributed by atoms with Crippen LogP contribution in [0, 0.1) is 11.6 Å². The Kier molecular flexibility index (Phi) is 3.77. The molecular weight excluding hydrogens is 200 g/mol. The van der Waals surface area contributed by atoms with Gasteiger partial charge >= 0.3 is 0 Å². The van der Waals surface area contributed by atoms with E-state index < -0.39 is 17.5 Å². The molecule has 0 aliphatic carbocycles. The van der Waals surface area contributed by atoms with E-state index in [0.717, 1.165) is 12.5 Å². The Labute approximate surface area is 87.5 Å². The number of hydrogen-bond acceptors (Lipinski definition) is 1. The van der Waals surface area contributed by atoms with Gasteiger partial charge in [-0.15, -0.1) is 0 Å². The standard InChI is InChI=1S/C11H13F2NO/c1-3-6-14(2)11(15)9-5-4-8(12)7-10(9)13/h4-5,7H,3,6H2,1-2H3. The van der Waals surface area contributed by atoms with Gasteiger partial charge in [-0.3, -0.25) is 4.79 Å². The number of benzene rings is 1. The molecule has 0 bridgehead atoms. The van der Waals surface area contributed by atoms with Crippen molar-refractivity contribution in [2.45, 2.75) is 13.3 Å². The summed E-state index contributed by atoms with van der Waals surface area (Å²) in [7, 11) is 1.59. The zero-order valence-corrected chi connectivity index (χ0v) is 8.76. The SMILES string of the molecule is CCCN(C)C(=O)c1ccc(F)cc1F. The Balaban J connectivity index is 2.91. The molecule has 0 fully saturated rings. The second-order valence-corrected chi connectivity index (χ2v) is 3.35. The highest BCUT2D eigenvalue weighted by Gasteiger charge is 2.15. The third kappa shape index (κ3) is 2.75. The number of amides is 1. The van der Waals surface area contributed by atoms with E-state index >= 15 is 0 Å². The summed E-state index contributed by atoms with van der Waals surface area (Å²) in [5, 5.41) is 0. The predicted molar refractivity (Wildman–Crippen MR) is 53.6 cm³/mol. The van der Waals surface area contributed by atoms with E-state index in [1.807, 2.05) is 6.92 Å². The summed E-state index contributed by atoms with van der Waals surface area (Å²) in [6, 6.07) is 2.96. The maximum absolute atomic E-state index is 13.2. The van der Waals surface area contributed by atoms with Crippen LogP contribution in [0.2, 0.25) is 0 Å². The number of rotatable bonds is 3. The highest BCUT2D eigenvalue weighted by Crippen LogP contribution is 2.11. The molecule has 0 heterocycles. The molecule has 82 valence electrons. The van der Waals surface area contributed by atoms with E-state index in [1.165, 1.54) is 11.0 Å². The van der Waals surface area contributed by atoms with Crippen molar-refractivity contribution in [3.63, 3.8) is 0 Å². The van der Waals surface area contributed by atoms with Crippen LogP contribution in [-0.2, 0) is 0 Å². The molecule has 0 aliphatic rings. The fourth-order valence-corrected chi connectivity index (χ4v) is 1.31. The molecule has 0 saturated heterocycles. The molecule has 0 spiro atoms. The first-order valence-corrected chi connectivity index (χ1v) is 4.76. The maximum atomic E-state index is 13.2. The summed E-state index contributed by atoms with van der Waals surface area (Å²) in [4.78, 5) is 13.0. The van der Waals surface area contributed by atoms with Crippen molar-refractivity contribution in [3.05, 3.63) is 35.4 Å². The molecular formula is C11H13F2NO. The fourth-order valence-electron chi connectivity index (χ4n) is 1.31. The fraction of sp³-hybridized carbons (Fsp3) is 0.364. The molecule has 1 aromatic carbocycles. The van der Waals surface area contributed by atoms with Gasteiger partial charge in [0.2, 0.25) is 0 Å². The average Bonchev–Trinajstić information content (AvgIpc) is 2.17. The van der Waals surface area contributed by atoms with Crippen LogP contribution in [0.1, 0.15) is 23.7 Å². The summed E-state index contributed by atoms with van der Waals surface area (Å²) < 4.78 is 25.8. The quantitative estimate of drug-likeness (QED) is 0.755. The molecule has 0 N–H and O–H groups in total. The smallest absolute Gasteiger partial charge is 0.256 e. The van der Waals surface area contributed by atoms with Crippen LogP contribution in [0.5, 0.6) is 0 Å². The van der Waals surface area contributed by atoms with Crippen LogP contribution in [0.15, 0.2) is 18.2 Å². The predicted octanol–water partition coefficient (Wildman–Crippen LogP) is 2.45. The number of hydrogen-bond donors (Lipinski definition) is 0. The van der Waals surface area contributed by atoms with Crippen molar-refractivity contribution >= 4 is 5.91 Å². The lowest BCUT2D eigenvalue weighted by Gasteiger charge is -2.16. The Hall–Kier alpha value is -1.45. The minimum Gasteiger partial charge on any atom is -0.342 e. The summed E-state index contributed by atoms with van der Waals surface area (Å²) >= 11 is 0. The highest BCUT2D eigenvalue weighted by molar-refractivity contribution is 5.94. The molecule has 4 heteroatoms.